The van der Waals surface area contributed by atoms with Crippen LogP contribution in [0.25, 0.3) is 0 Å². The monoisotopic (exact) mass is 301 g/mol. The number of ether oxygens (including phenoxy) is 2. The second-order valence-corrected chi connectivity index (χ2v) is 5.34. The van der Waals surface area contributed by atoms with Gasteiger partial charge in [0.05, 0.1) is 14.2 Å². The number of hydrogen-bond acceptors (Lipinski definition) is 5. The zero-order valence-electron chi connectivity index (χ0n) is 12.6. The van der Waals surface area contributed by atoms with Gasteiger partial charge in [-0.2, -0.15) is 0 Å². The molecule has 0 saturated carbocycles. The van der Waals surface area contributed by atoms with Gasteiger partial charge in [-0.25, -0.2) is 0 Å². The van der Waals surface area contributed by atoms with Gasteiger partial charge in [0.2, 0.25) is 0 Å². The van der Waals surface area contributed by atoms with E-state index in [2.05, 4.69) is 5.32 Å². The summed E-state index contributed by atoms with van der Waals surface area (Å²) in [5, 5.41) is 23.2. The van der Waals surface area contributed by atoms with Crippen molar-refractivity contribution in [3.8, 4) is 23.0 Å². The number of nitrogens with one attached hydrogen (secondary N) is 1. The number of hydrogen-bond donors (Lipinski definition) is 3. The molecule has 1 aliphatic heterocycles. The van der Waals surface area contributed by atoms with Crippen molar-refractivity contribution in [3.05, 3.63) is 47.0 Å². The molecule has 1 atom stereocenters. The summed E-state index contributed by atoms with van der Waals surface area (Å²) in [6.45, 7) is 1.49. The average Bonchev–Trinajstić information content (AvgIpc) is 2.54. The molecule has 1 heterocycles. The largest absolute Gasteiger partial charge is 0.504 e. The third-order valence-corrected chi connectivity index (χ3v) is 4.09. The van der Waals surface area contributed by atoms with Gasteiger partial charge >= 0.3 is 0 Å². The molecule has 3 N–H and O–H groups in total. The molecule has 1 unspecified atom stereocenters. The number of rotatable bonds is 3. The molecule has 0 bridgehead atoms. The lowest BCUT2D eigenvalue weighted by atomic mass is 9.85. The van der Waals surface area contributed by atoms with Crippen molar-refractivity contribution in [3.63, 3.8) is 0 Å². The molecule has 0 radical (unpaired) electrons. The third-order valence-electron chi connectivity index (χ3n) is 4.09. The first-order valence-electron chi connectivity index (χ1n) is 7.11. The Morgan fingerprint density at radius 3 is 2.45 bits per heavy atom. The summed E-state index contributed by atoms with van der Waals surface area (Å²) in [6.07, 6.45) is 0. The van der Waals surface area contributed by atoms with Crippen LogP contribution < -0.4 is 14.8 Å². The minimum absolute atomic E-state index is 0.0788. The summed E-state index contributed by atoms with van der Waals surface area (Å²) < 4.78 is 10.4. The van der Waals surface area contributed by atoms with Crippen molar-refractivity contribution in [2.24, 2.45) is 0 Å². The zero-order valence-corrected chi connectivity index (χ0v) is 12.6. The van der Waals surface area contributed by atoms with Crippen molar-refractivity contribution in [1.82, 2.24) is 5.32 Å². The molecule has 1 aliphatic rings. The van der Waals surface area contributed by atoms with Gasteiger partial charge < -0.3 is 25.0 Å². The van der Waals surface area contributed by atoms with Crippen LogP contribution >= 0.6 is 0 Å². The lowest BCUT2D eigenvalue weighted by molar-refractivity contribution is 0.370. The number of benzene rings is 2. The summed E-state index contributed by atoms with van der Waals surface area (Å²) in [5.41, 5.74) is 3.18. The van der Waals surface area contributed by atoms with Gasteiger partial charge in [-0.3, -0.25) is 0 Å². The van der Waals surface area contributed by atoms with E-state index in [1.54, 1.807) is 19.2 Å². The van der Waals surface area contributed by atoms with Gasteiger partial charge in [-0.15, -0.1) is 0 Å². The molecule has 22 heavy (non-hydrogen) atoms. The van der Waals surface area contributed by atoms with Crippen molar-refractivity contribution in [1.29, 1.82) is 0 Å². The maximum absolute atomic E-state index is 10.1. The second kappa shape index (κ2) is 5.77. The summed E-state index contributed by atoms with van der Waals surface area (Å²) in [5.74, 6) is 1.26. The van der Waals surface area contributed by atoms with E-state index in [-0.39, 0.29) is 17.4 Å². The molecule has 0 aromatic heterocycles. The van der Waals surface area contributed by atoms with E-state index >= 15 is 0 Å². The van der Waals surface area contributed by atoms with Crippen LogP contribution in [0.3, 0.4) is 0 Å². The van der Waals surface area contributed by atoms with Crippen LogP contribution in [-0.4, -0.2) is 31.0 Å². The molecule has 3 rings (SSSR count). The Morgan fingerprint density at radius 2 is 1.73 bits per heavy atom. The van der Waals surface area contributed by atoms with Crippen LogP contribution in [0, 0.1) is 0 Å². The molecule has 0 spiro atoms. The highest BCUT2D eigenvalue weighted by Gasteiger charge is 2.24. The van der Waals surface area contributed by atoms with Gasteiger partial charge in [-0.05, 0) is 41.0 Å². The minimum atomic E-state index is 0.0788. The maximum Gasteiger partial charge on any atom is 0.160 e. The summed E-state index contributed by atoms with van der Waals surface area (Å²) in [7, 11) is 3.07. The van der Waals surface area contributed by atoms with E-state index in [9.17, 15) is 10.2 Å². The number of fused-ring (bicyclic) bond motifs is 1. The van der Waals surface area contributed by atoms with E-state index in [0.29, 0.717) is 11.5 Å². The van der Waals surface area contributed by atoms with E-state index in [4.69, 9.17) is 9.47 Å². The van der Waals surface area contributed by atoms with Gasteiger partial charge in [0.15, 0.2) is 23.0 Å². The first-order valence-corrected chi connectivity index (χ1v) is 7.11. The van der Waals surface area contributed by atoms with Gasteiger partial charge in [0.25, 0.3) is 0 Å². The van der Waals surface area contributed by atoms with E-state index < -0.39 is 0 Å². The van der Waals surface area contributed by atoms with Crippen LogP contribution in [0.1, 0.15) is 22.6 Å². The summed E-state index contributed by atoms with van der Waals surface area (Å²) in [4.78, 5) is 0. The summed E-state index contributed by atoms with van der Waals surface area (Å²) in [6, 6.07) is 8.96. The Morgan fingerprint density at radius 1 is 1.00 bits per heavy atom. The second-order valence-electron chi connectivity index (χ2n) is 5.34. The summed E-state index contributed by atoms with van der Waals surface area (Å²) >= 11 is 0. The fourth-order valence-corrected chi connectivity index (χ4v) is 2.94. The molecule has 5 nitrogen and oxygen atoms in total. The average molecular weight is 301 g/mol. The Bertz CT molecular complexity index is 699. The van der Waals surface area contributed by atoms with Gasteiger partial charge in [-0.1, -0.05) is 6.07 Å². The molecular formula is C17H19NO4. The van der Waals surface area contributed by atoms with Crippen molar-refractivity contribution >= 4 is 0 Å². The molecule has 2 aromatic carbocycles. The molecule has 0 amide bonds. The number of aromatic hydroxyl groups is 2. The van der Waals surface area contributed by atoms with Crippen LogP contribution in [-0.2, 0) is 6.54 Å². The fraction of sp³-hybridized carbons (Fsp3) is 0.294. The van der Waals surface area contributed by atoms with Crippen molar-refractivity contribution in [2.45, 2.75) is 12.5 Å². The predicted molar refractivity (Wildman–Crippen MR) is 82.9 cm³/mol. The Kier molecular flexibility index (Phi) is 3.81. The minimum Gasteiger partial charge on any atom is -0.504 e. The van der Waals surface area contributed by atoms with Crippen LogP contribution in [0.4, 0.5) is 0 Å². The quantitative estimate of drug-likeness (QED) is 0.812. The molecule has 2 aromatic rings. The topological polar surface area (TPSA) is 71.0 Å². The molecule has 0 aliphatic carbocycles. The standard InChI is InChI=1S/C17H19NO4/c1-21-16-5-10(3-4-14(16)19)13-9-18-8-11-6-17(22-2)15(20)7-12(11)13/h3-7,13,18-20H,8-9H2,1-2H3. The van der Waals surface area contributed by atoms with Crippen LogP contribution in [0.2, 0.25) is 0 Å². The van der Waals surface area contributed by atoms with E-state index in [0.717, 1.165) is 29.8 Å². The van der Waals surface area contributed by atoms with E-state index in [1.165, 1.54) is 7.11 Å². The Hall–Kier alpha value is -2.40. The zero-order chi connectivity index (χ0) is 15.7. The first-order chi connectivity index (χ1) is 10.6. The maximum atomic E-state index is 10.1. The normalized spacial score (nSPS) is 16.9. The Labute approximate surface area is 129 Å². The number of phenols is 2. The van der Waals surface area contributed by atoms with Crippen molar-refractivity contribution in [2.75, 3.05) is 20.8 Å². The molecule has 0 fully saturated rings. The highest BCUT2D eigenvalue weighted by atomic mass is 16.5. The smallest absolute Gasteiger partial charge is 0.160 e. The van der Waals surface area contributed by atoms with Crippen LogP contribution in [0.5, 0.6) is 23.0 Å². The van der Waals surface area contributed by atoms with Gasteiger partial charge in [0.1, 0.15) is 0 Å². The highest BCUT2D eigenvalue weighted by Crippen LogP contribution is 2.39. The van der Waals surface area contributed by atoms with Crippen LogP contribution in [0.15, 0.2) is 30.3 Å². The van der Waals surface area contributed by atoms with Crippen molar-refractivity contribution < 1.29 is 19.7 Å². The highest BCUT2D eigenvalue weighted by molar-refractivity contribution is 5.53. The fourth-order valence-electron chi connectivity index (χ4n) is 2.94. The lowest BCUT2D eigenvalue weighted by Crippen LogP contribution is -2.28. The number of methoxy groups -OCH3 is 2. The lowest BCUT2D eigenvalue weighted by Gasteiger charge is -2.28. The Balaban J connectivity index is 2.06. The first kappa shape index (κ1) is 14.5. The van der Waals surface area contributed by atoms with Gasteiger partial charge in [0, 0.05) is 19.0 Å². The SMILES string of the molecule is COc1cc(C2CNCc3cc(OC)c(O)cc32)ccc1O. The molecule has 0 saturated heterocycles. The van der Waals surface area contributed by atoms with E-state index in [1.807, 2.05) is 18.2 Å². The molecule has 116 valence electrons. The third kappa shape index (κ3) is 2.44. The molecule has 5 heteroatoms. The molecular weight excluding hydrogens is 282 g/mol. The number of phenolic OH excluding ortho intramolecular Hbond substituents is 2. The predicted octanol–water partition coefficient (Wildman–Crippen LogP) is 2.35.